The predicted molar refractivity (Wildman–Crippen MR) is 106 cm³/mol. The molecule has 0 spiro atoms. The van der Waals surface area contributed by atoms with Crippen LogP contribution in [0.25, 0.3) is 0 Å². The van der Waals surface area contributed by atoms with Crippen LogP contribution in [0.15, 0.2) is 53.4 Å². The Balaban J connectivity index is 1.68. The number of carbonyl (C=O) groups is 1. The highest BCUT2D eigenvalue weighted by molar-refractivity contribution is 7.89. The topological polar surface area (TPSA) is 84.9 Å². The zero-order valence-electron chi connectivity index (χ0n) is 16.4. The molecular weight excluding hydrogens is 418 g/mol. The van der Waals surface area contributed by atoms with Crippen molar-refractivity contribution in [1.82, 2.24) is 4.31 Å². The first-order chi connectivity index (χ1) is 14.1. The molecule has 162 valence electrons. The molecule has 2 unspecified atom stereocenters. The molecule has 0 aliphatic carbocycles. The zero-order chi connectivity index (χ0) is 21.9. The van der Waals surface area contributed by atoms with Gasteiger partial charge < -0.3 is 14.8 Å². The van der Waals surface area contributed by atoms with Crippen LogP contribution in [0, 0.1) is 0 Å². The van der Waals surface area contributed by atoms with Crippen molar-refractivity contribution in [3.63, 3.8) is 0 Å². The van der Waals surface area contributed by atoms with Crippen LogP contribution in [0.1, 0.15) is 24.2 Å². The molecule has 1 fully saturated rings. The van der Waals surface area contributed by atoms with Crippen molar-refractivity contribution < 1.29 is 31.5 Å². The van der Waals surface area contributed by atoms with E-state index in [1.807, 2.05) is 13.8 Å². The van der Waals surface area contributed by atoms with Gasteiger partial charge in [-0.25, -0.2) is 8.42 Å². The van der Waals surface area contributed by atoms with E-state index in [4.69, 9.17) is 4.74 Å². The van der Waals surface area contributed by atoms with Gasteiger partial charge in [0.25, 0.3) is 5.91 Å². The number of hydrogen-bond acceptors (Lipinski definition) is 5. The molecule has 1 N–H and O–H groups in total. The highest BCUT2D eigenvalue weighted by atomic mass is 32.2. The maximum absolute atomic E-state index is 12.9. The summed E-state index contributed by atoms with van der Waals surface area (Å²) in [5, 5.41) is 2.61. The highest BCUT2D eigenvalue weighted by Crippen LogP contribution is 2.22. The van der Waals surface area contributed by atoms with Gasteiger partial charge in [0.2, 0.25) is 10.0 Å². The summed E-state index contributed by atoms with van der Waals surface area (Å²) >= 11 is 0. The molecule has 2 aromatic rings. The third-order valence-corrected chi connectivity index (χ3v) is 6.32. The summed E-state index contributed by atoms with van der Waals surface area (Å²) < 4.78 is 61.3. The Morgan fingerprint density at radius 1 is 1.07 bits per heavy atom. The lowest BCUT2D eigenvalue weighted by atomic mass is 10.2. The second-order valence-corrected chi connectivity index (χ2v) is 8.90. The Bertz CT molecular complexity index is 971. The number of anilines is 1. The van der Waals surface area contributed by atoms with Crippen molar-refractivity contribution >= 4 is 21.6 Å². The quantitative estimate of drug-likeness (QED) is 0.745. The van der Waals surface area contributed by atoms with E-state index in [1.165, 1.54) is 52.8 Å². The van der Waals surface area contributed by atoms with Gasteiger partial charge in [0.15, 0.2) is 0 Å². The van der Waals surface area contributed by atoms with Crippen LogP contribution in [-0.2, 0) is 14.8 Å². The van der Waals surface area contributed by atoms with Crippen LogP contribution < -0.4 is 10.1 Å². The van der Waals surface area contributed by atoms with E-state index in [0.717, 1.165) is 0 Å². The molecule has 10 heteroatoms. The van der Waals surface area contributed by atoms with Crippen molar-refractivity contribution in [2.24, 2.45) is 0 Å². The largest absolute Gasteiger partial charge is 0.435 e. The predicted octanol–water partition coefficient (Wildman–Crippen LogP) is 3.34. The molecule has 7 nitrogen and oxygen atoms in total. The molecule has 2 atom stereocenters. The van der Waals surface area contributed by atoms with Gasteiger partial charge in [0.1, 0.15) is 5.75 Å². The van der Waals surface area contributed by atoms with Gasteiger partial charge in [-0.05, 0) is 62.4 Å². The lowest BCUT2D eigenvalue weighted by molar-refractivity contribution is -0.0498. The Labute approximate surface area is 173 Å². The number of halogens is 2. The standard InChI is InChI=1S/C20H22F2N2O5S/c1-13-11-24(12-14(2)28-13)30(26,27)18-9-3-15(4-10-18)19(25)23-16-5-7-17(8-6-16)29-20(21)22/h3-10,13-14,20H,11-12H2,1-2H3,(H,23,25). The summed E-state index contributed by atoms with van der Waals surface area (Å²) in [6.07, 6.45) is -0.405. The fourth-order valence-corrected chi connectivity index (χ4v) is 4.77. The first-order valence-corrected chi connectivity index (χ1v) is 10.7. The van der Waals surface area contributed by atoms with E-state index in [9.17, 15) is 22.0 Å². The van der Waals surface area contributed by atoms with E-state index in [0.29, 0.717) is 5.69 Å². The second kappa shape index (κ2) is 9.07. The van der Waals surface area contributed by atoms with Gasteiger partial charge in [-0.2, -0.15) is 13.1 Å². The van der Waals surface area contributed by atoms with Crippen LogP contribution in [-0.4, -0.2) is 50.5 Å². The molecule has 1 heterocycles. The van der Waals surface area contributed by atoms with Crippen molar-refractivity contribution in [3.05, 3.63) is 54.1 Å². The number of rotatable bonds is 6. The monoisotopic (exact) mass is 440 g/mol. The van der Waals surface area contributed by atoms with Crippen molar-refractivity contribution in [2.75, 3.05) is 18.4 Å². The molecule has 0 aromatic heterocycles. The number of sulfonamides is 1. The molecular formula is C20H22F2N2O5S. The minimum Gasteiger partial charge on any atom is -0.435 e. The summed E-state index contributed by atoms with van der Waals surface area (Å²) in [5.74, 6) is -0.487. The third kappa shape index (κ3) is 5.32. The number of ether oxygens (including phenoxy) is 2. The van der Waals surface area contributed by atoms with E-state index < -0.39 is 22.5 Å². The minimum atomic E-state index is -3.70. The number of nitrogens with zero attached hydrogens (tertiary/aromatic N) is 1. The number of alkyl halides is 2. The van der Waals surface area contributed by atoms with Crippen molar-refractivity contribution in [1.29, 1.82) is 0 Å². The van der Waals surface area contributed by atoms with Crippen LogP contribution in [0.3, 0.4) is 0 Å². The Morgan fingerprint density at radius 2 is 1.63 bits per heavy atom. The number of morpholine rings is 1. The Hall–Kier alpha value is -2.56. The Kier molecular flexibility index (Phi) is 6.69. The lowest BCUT2D eigenvalue weighted by Gasteiger charge is -2.34. The van der Waals surface area contributed by atoms with E-state index >= 15 is 0 Å². The SMILES string of the molecule is CC1CN(S(=O)(=O)c2ccc(C(=O)Nc3ccc(OC(F)F)cc3)cc2)CC(C)O1. The third-order valence-electron chi connectivity index (χ3n) is 4.48. The molecule has 0 radical (unpaired) electrons. The van der Waals surface area contributed by atoms with Crippen LogP contribution >= 0.6 is 0 Å². The summed E-state index contributed by atoms with van der Waals surface area (Å²) in [7, 11) is -3.70. The molecule has 1 aliphatic rings. The summed E-state index contributed by atoms with van der Waals surface area (Å²) in [6.45, 7) is 1.24. The maximum Gasteiger partial charge on any atom is 0.387 e. The number of benzene rings is 2. The van der Waals surface area contributed by atoms with Crippen molar-refractivity contribution in [2.45, 2.75) is 37.6 Å². The fourth-order valence-electron chi connectivity index (χ4n) is 3.18. The molecule has 30 heavy (non-hydrogen) atoms. The van der Waals surface area contributed by atoms with Gasteiger partial charge in [-0.15, -0.1) is 0 Å². The lowest BCUT2D eigenvalue weighted by Crippen LogP contribution is -2.48. The molecule has 2 aromatic carbocycles. The zero-order valence-corrected chi connectivity index (χ0v) is 17.2. The minimum absolute atomic E-state index is 0.0238. The molecule has 1 amide bonds. The molecule has 0 bridgehead atoms. The second-order valence-electron chi connectivity index (χ2n) is 6.96. The Morgan fingerprint density at radius 3 is 2.17 bits per heavy atom. The molecule has 1 aliphatic heterocycles. The maximum atomic E-state index is 12.9. The summed E-state index contributed by atoms with van der Waals surface area (Å²) in [6, 6.07) is 11.1. The van der Waals surface area contributed by atoms with Crippen LogP contribution in [0.4, 0.5) is 14.5 Å². The van der Waals surface area contributed by atoms with Gasteiger partial charge in [0, 0.05) is 24.3 Å². The van der Waals surface area contributed by atoms with E-state index in [-0.39, 0.29) is 41.5 Å². The first kappa shape index (κ1) is 22.1. The summed E-state index contributed by atoms with van der Waals surface area (Å²) in [5.41, 5.74) is 0.639. The number of hydrogen-bond donors (Lipinski definition) is 1. The van der Waals surface area contributed by atoms with Gasteiger partial charge in [-0.3, -0.25) is 4.79 Å². The van der Waals surface area contributed by atoms with Crippen molar-refractivity contribution in [3.8, 4) is 5.75 Å². The van der Waals surface area contributed by atoms with Gasteiger partial charge in [-0.1, -0.05) is 0 Å². The number of nitrogens with one attached hydrogen (secondary N) is 1. The molecule has 3 rings (SSSR count). The average Bonchev–Trinajstić information content (AvgIpc) is 2.68. The normalized spacial score (nSPS) is 20.2. The first-order valence-electron chi connectivity index (χ1n) is 9.27. The molecule has 1 saturated heterocycles. The van der Waals surface area contributed by atoms with Gasteiger partial charge in [0.05, 0.1) is 17.1 Å². The summed E-state index contributed by atoms with van der Waals surface area (Å²) in [4.78, 5) is 12.5. The van der Waals surface area contributed by atoms with Gasteiger partial charge >= 0.3 is 6.61 Å². The molecule has 0 saturated carbocycles. The highest BCUT2D eigenvalue weighted by Gasteiger charge is 2.32. The number of amides is 1. The van der Waals surface area contributed by atoms with Crippen LogP contribution in [0.5, 0.6) is 5.75 Å². The fraction of sp³-hybridized carbons (Fsp3) is 0.350. The van der Waals surface area contributed by atoms with E-state index in [2.05, 4.69) is 10.1 Å². The smallest absolute Gasteiger partial charge is 0.387 e. The van der Waals surface area contributed by atoms with E-state index in [1.54, 1.807) is 0 Å². The number of carbonyl (C=O) groups excluding carboxylic acids is 1. The van der Waals surface area contributed by atoms with Crippen LogP contribution in [0.2, 0.25) is 0 Å². The average molecular weight is 440 g/mol.